The Bertz CT molecular complexity index is 318. The van der Waals surface area contributed by atoms with E-state index >= 15 is 0 Å². The van der Waals surface area contributed by atoms with Crippen molar-refractivity contribution in [1.82, 2.24) is 5.32 Å². The molecule has 0 aromatic heterocycles. The smallest absolute Gasteiger partial charge is 0.316 e. The number of rotatable bonds is 4. The molecular weight excluding hydrogens is 222 g/mol. The molecule has 1 nitrogen and oxygen atoms in total. The van der Waals surface area contributed by atoms with Crippen molar-refractivity contribution < 1.29 is 17.6 Å². The minimum Gasteiger partial charge on any atom is -0.316 e. The summed E-state index contributed by atoms with van der Waals surface area (Å²) in [5.41, 5.74) is 0.685. The van der Waals surface area contributed by atoms with Gasteiger partial charge in [0, 0.05) is 6.04 Å². The normalized spacial score (nSPS) is 13.8. The molecular formula is C11H13F4N. The molecule has 0 bridgehead atoms. The van der Waals surface area contributed by atoms with Crippen LogP contribution in [0.4, 0.5) is 17.6 Å². The molecule has 1 rings (SSSR count). The van der Waals surface area contributed by atoms with Crippen LogP contribution < -0.4 is 5.32 Å². The summed E-state index contributed by atoms with van der Waals surface area (Å²) in [6, 6.07) is 4.81. The molecule has 0 radical (unpaired) electrons. The van der Waals surface area contributed by atoms with E-state index in [4.69, 9.17) is 0 Å². The maximum atomic E-state index is 12.6. The summed E-state index contributed by atoms with van der Waals surface area (Å²) < 4.78 is 49.1. The van der Waals surface area contributed by atoms with Crippen LogP contribution in [0.3, 0.4) is 0 Å². The van der Waals surface area contributed by atoms with Crippen LogP contribution >= 0.6 is 0 Å². The highest BCUT2D eigenvalue weighted by atomic mass is 19.4. The third-order valence-corrected chi connectivity index (χ3v) is 2.28. The van der Waals surface area contributed by atoms with Gasteiger partial charge in [0.15, 0.2) is 0 Å². The van der Waals surface area contributed by atoms with Crippen LogP contribution in [0.5, 0.6) is 0 Å². The lowest BCUT2D eigenvalue weighted by Gasteiger charge is -2.17. The van der Waals surface area contributed by atoms with Crippen LogP contribution in [0.1, 0.15) is 12.0 Å². The van der Waals surface area contributed by atoms with E-state index in [0.717, 1.165) is 0 Å². The number of alkyl halides is 3. The summed E-state index contributed by atoms with van der Waals surface area (Å²) in [7, 11) is 1.49. The summed E-state index contributed by atoms with van der Waals surface area (Å²) in [5.74, 6) is -0.388. The fourth-order valence-electron chi connectivity index (χ4n) is 1.46. The molecule has 0 aliphatic carbocycles. The molecule has 0 saturated carbocycles. The zero-order chi connectivity index (χ0) is 12.2. The lowest BCUT2D eigenvalue weighted by atomic mass is 10.0. The Kier molecular flexibility index (Phi) is 4.29. The van der Waals surface area contributed by atoms with E-state index in [1.807, 2.05) is 0 Å². The Morgan fingerprint density at radius 1 is 1.19 bits per heavy atom. The van der Waals surface area contributed by atoms with Crippen molar-refractivity contribution in [2.75, 3.05) is 7.05 Å². The van der Waals surface area contributed by atoms with Gasteiger partial charge in [-0.2, -0.15) is 13.2 Å². The molecule has 0 amide bonds. The summed E-state index contributed by atoms with van der Waals surface area (Å²) in [4.78, 5) is 0. The minimum absolute atomic E-state index is 0.232. The van der Waals surface area contributed by atoms with Crippen molar-refractivity contribution in [3.8, 4) is 0 Å². The van der Waals surface area contributed by atoms with Crippen molar-refractivity contribution in [2.45, 2.75) is 25.1 Å². The summed E-state index contributed by atoms with van der Waals surface area (Å²) in [6.45, 7) is 0. The Morgan fingerprint density at radius 3 is 2.19 bits per heavy atom. The predicted octanol–water partition coefficient (Wildman–Crippen LogP) is 2.91. The van der Waals surface area contributed by atoms with Crippen LogP contribution in [0.25, 0.3) is 0 Å². The van der Waals surface area contributed by atoms with Crippen molar-refractivity contribution in [2.24, 2.45) is 0 Å². The second-order valence-corrected chi connectivity index (χ2v) is 3.64. The van der Waals surface area contributed by atoms with Gasteiger partial charge in [-0.3, -0.25) is 0 Å². The van der Waals surface area contributed by atoms with Gasteiger partial charge in [-0.1, -0.05) is 12.1 Å². The molecule has 1 aromatic rings. The van der Waals surface area contributed by atoms with Gasteiger partial charge in [-0.15, -0.1) is 0 Å². The van der Waals surface area contributed by atoms with Gasteiger partial charge >= 0.3 is 6.18 Å². The maximum absolute atomic E-state index is 12.6. The van der Waals surface area contributed by atoms with Crippen molar-refractivity contribution >= 4 is 0 Å². The monoisotopic (exact) mass is 235 g/mol. The van der Waals surface area contributed by atoms with Crippen LogP contribution in [0, 0.1) is 5.82 Å². The topological polar surface area (TPSA) is 12.0 Å². The first-order chi connectivity index (χ1) is 7.40. The van der Waals surface area contributed by atoms with Gasteiger partial charge in [-0.25, -0.2) is 4.39 Å². The van der Waals surface area contributed by atoms with Gasteiger partial charge < -0.3 is 5.32 Å². The number of halogens is 4. The minimum atomic E-state index is -4.19. The molecule has 1 N–H and O–H groups in total. The van der Waals surface area contributed by atoms with Crippen molar-refractivity contribution in [3.63, 3.8) is 0 Å². The van der Waals surface area contributed by atoms with Gasteiger partial charge in [0.25, 0.3) is 0 Å². The van der Waals surface area contributed by atoms with Gasteiger partial charge in [0.1, 0.15) is 5.82 Å². The van der Waals surface area contributed by atoms with Crippen LogP contribution in [0.2, 0.25) is 0 Å². The summed E-state index contributed by atoms with van der Waals surface area (Å²) in [6.07, 6.45) is -4.84. The molecule has 0 spiro atoms. The molecule has 16 heavy (non-hydrogen) atoms. The van der Waals surface area contributed by atoms with Crippen molar-refractivity contribution in [1.29, 1.82) is 0 Å². The van der Waals surface area contributed by atoms with Crippen LogP contribution in [0.15, 0.2) is 24.3 Å². The third-order valence-electron chi connectivity index (χ3n) is 2.28. The molecule has 0 aliphatic heterocycles. The molecule has 90 valence electrons. The zero-order valence-corrected chi connectivity index (χ0v) is 8.81. The van der Waals surface area contributed by atoms with Crippen LogP contribution in [-0.4, -0.2) is 19.3 Å². The third kappa shape index (κ3) is 4.61. The zero-order valence-electron chi connectivity index (χ0n) is 8.81. The fourth-order valence-corrected chi connectivity index (χ4v) is 1.46. The van der Waals surface area contributed by atoms with E-state index in [9.17, 15) is 17.6 Å². The Balaban J connectivity index is 2.60. The second kappa shape index (κ2) is 5.30. The quantitative estimate of drug-likeness (QED) is 0.791. The Labute approximate surface area is 91.5 Å². The molecule has 0 aliphatic rings. The van der Waals surface area contributed by atoms with Gasteiger partial charge in [0.2, 0.25) is 0 Å². The SMILES string of the molecule is CNC(Cc1ccc(F)cc1)CC(F)(F)F. The van der Waals surface area contributed by atoms with E-state index in [2.05, 4.69) is 5.32 Å². The highest BCUT2D eigenvalue weighted by Gasteiger charge is 2.31. The molecule has 1 atom stereocenters. The summed E-state index contributed by atoms with van der Waals surface area (Å²) in [5, 5.41) is 2.61. The highest BCUT2D eigenvalue weighted by molar-refractivity contribution is 5.17. The lowest BCUT2D eigenvalue weighted by Crippen LogP contribution is -2.32. The first-order valence-corrected chi connectivity index (χ1v) is 4.89. The number of hydrogen-bond acceptors (Lipinski definition) is 1. The second-order valence-electron chi connectivity index (χ2n) is 3.64. The average Bonchev–Trinajstić information content (AvgIpc) is 2.18. The van der Waals surface area contributed by atoms with Crippen LogP contribution in [-0.2, 0) is 6.42 Å². The standard InChI is InChI=1S/C11H13F4N/c1-16-10(7-11(13,14)15)6-8-2-4-9(12)5-3-8/h2-5,10,16H,6-7H2,1H3. The number of likely N-dealkylation sites (N-methyl/N-ethyl adjacent to an activating group) is 1. The molecule has 1 unspecified atom stereocenters. The maximum Gasteiger partial charge on any atom is 0.390 e. The van der Waals surface area contributed by atoms with E-state index < -0.39 is 18.6 Å². The van der Waals surface area contributed by atoms with Gasteiger partial charge in [-0.05, 0) is 31.2 Å². The van der Waals surface area contributed by atoms with E-state index in [0.29, 0.717) is 5.56 Å². The highest BCUT2D eigenvalue weighted by Crippen LogP contribution is 2.23. The summed E-state index contributed by atoms with van der Waals surface area (Å²) >= 11 is 0. The molecule has 0 heterocycles. The molecule has 1 aromatic carbocycles. The number of nitrogens with one attached hydrogen (secondary N) is 1. The number of benzene rings is 1. The predicted molar refractivity (Wildman–Crippen MR) is 53.6 cm³/mol. The van der Waals surface area contributed by atoms with E-state index in [-0.39, 0.29) is 12.2 Å². The van der Waals surface area contributed by atoms with Gasteiger partial charge in [0.05, 0.1) is 6.42 Å². The van der Waals surface area contributed by atoms with Crippen molar-refractivity contribution in [3.05, 3.63) is 35.6 Å². The molecule has 0 saturated heterocycles. The van der Waals surface area contributed by atoms with E-state index in [1.54, 1.807) is 0 Å². The molecule has 0 fully saturated rings. The first-order valence-electron chi connectivity index (χ1n) is 4.89. The lowest BCUT2D eigenvalue weighted by molar-refractivity contribution is -0.139. The molecule has 5 heteroatoms. The Hall–Kier alpha value is -1.10. The Morgan fingerprint density at radius 2 is 1.75 bits per heavy atom. The average molecular weight is 235 g/mol. The largest absolute Gasteiger partial charge is 0.390 e. The fraction of sp³-hybridized carbons (Fsp3) is 0.455. The first kappa shape index (κ1) is 13.0. The number of hydrogen-bond donors (Lipinski definition) is 1. The van der Waals surface area contributed by atoms with E-state index in [1.165, 1.54) is 31.3 Å².